The summed E-state index contributed by atoms with van der Waals surface area (Å²) in [6.45, 7) is 4.51. The van der Waals surface area contributed by atoms with Crippen LogP contribution >= 0.6 is 0 Å². The van der Waals surface area contributed by atoms with E-state index in [1.165, 1.54) is 25.9 Å². The molecule has 0 aromatic heterocycles. The Morgan fingerprint density at radius 3 is 2.62 bits per heavy atom. The number of unbranched alkanes of at least 4 members (excludes halogenated alkanes) is 1. The molecule has 0 spiro atoms. The van der Waals surface area contributed by atoms with Crippen LogP contribution in [0.4, 0.5) is 0 Å². The van der Waals surface area contributed by atoms with Gasteiger partial charge in [0.15, 0.2) is 17.3 Å². The molecule has 2 heterocycles. The Kier molecular flexibility index (Phi) is 7.32. The molecule has 4 rings (SSSR count). The molecule has 1 saturated heterocycles. The van der Waals surface area contributed by atoms with E-state index in [2.05, 4.69) is 4.90 Å². The molecule has 1 fully saturated rings. The molecule has 170 valence electrons. The number of Topliss-reactive ketones (excluding diaryl/α,β-unsaturated/α-hetero) is 1. The highest BCUT2D eigenvalue weighted by atomic mass is 16.5. The lowest BCUT2D eigenvalue weighted by atomic mass is 9.98. The Morgan fingerprint density at radius 2 is 1.84 bits per heavy atom. The quantitative estimate of drug-likeness (QED) is 0.422. The number of benzene rings is 2. The number of carbonyl (C=O) groups is 1. The van der Waals surface area contributed by atoms with Crippen LogP contribution in [0.5, 0.6) is 23.0 Å². The normalized spacial score (nSPS) is 17.2. The maximum atomic E-state index is 12.9. The molecule has 6 heteroatoms. The standard InChI is InChI=1S/C26H31NO5/c1-29-21-8-10-23-22(17-21)26(28)20(18-32-23)15-19-7-9-24(25(16-19)30-2)31-14-6-5-13-27-11-3-4-12-27/h7-10,15-17H,3-6,11-14,18H2,1-2H3. The first-order valence-electron chi connectivity index (χ1n) is 11.3. The molecule has 0 unspecified atom stereocenters. The minimum absolute atomic E-state index is 0.0533. The minimum atomic E-state index is -0.0533. The molecular weight excluding hydrogens is 406 g/mol. The third-order valence-electron chi connectivity index (χ3n) is 5.96. The fourth-order valence-electron chi connectivity index (χ4n) is 4.16. The molecule has 0 saturated carbocycles. The Morgan fingerprint density at radius 1 is 1.00 bits per heavy atom. The van der Waals surface area contributed by atoms with Gasteiger partial charge in [0.2, 0.25) is 0 Å². The highest BCUT2D eigenvalue weighted by Gasteiger charge is 2.24. The monoisotopic (exact) mass is 437 g/mol. The van der Waals surface area contributed by atoms with Gasteiger partial charge in [-0.1, -0.05) is 6.07 Å². The van der Waals surface area contributed by atoms with Gasteiger partial charge in [-0.25, -0.2) is 0 Å². The second-order valence-corrected chi connectivity index (χ2v) is 8.16. The Balaban J connectivity index is 1.38. The number of likely N-dealkylation sites (tertiary alicyclic amines) is 1. The van der Waals surface area contributed by atoms with E-state index in [0.29, 0.717) is 35.0 Å². The molecule has 2 aliphatic rings. The summed E-state index contributed by atoms with van der Waals surface area (Å²) in [5.74, 6) is 2.54. The predicted molar refractivity (Wildman–Crippen MR) is 124 cm³/mol. The van der Waals surface area contributed by atoms with E-state index in [0.717, 1.165) is 30.7 Å². The molecule has 6 nitrogen and oxygen atoms in total. The zero-order chi connectivity index (χ0) is 22.3. The van der Waals surface area contributed by atoms with E-state index in [-0.39, 0.29) is 12.4 Å². The molecular formula is C26H31NO5. The summed E-state index contributed by atoms with van der Waals surface area (Å²) in [4.78, 5) is 15.5. The van der Waals surface area contributed by atoms with Crippen LogP contribution in [0.25, 0.3) is 6.08 Å². The highest BCUT2D eigenvalue weighted by Crippen LogP contribution is 2.33. The molecule has 0 atom stereocenters. The van der Waals surface area contributed by atoms with Gasteiger partial charge in [-0.15, -0.1) is 0 Å². The van der Waals surface area contributed by atoms with E-state index in [1.54, 1.807) is 32.4 Å². The van der Waals surface area contributed by atoms with Crippen molar-refractivity contribution in [2.75, 3.05) is 47.1 Å². The van der Waals surface area contributed by atoms with Gasteiger partial charge in [0.05, 0.1) is 26.4 Å². The van der Waals surface area contributed by atoms with Gasteiger partial charge >= 0.3 is 0 Å². The maximum Gasteiger partial charge on any atom is 0.196 e. The van der Waals surface area contributed by atoms with Gasteiger partial charge in [-0.05, 0) is 87.3 Å². The topological polar surface area (TPSA) is 57.2 Å². The van der Waals surface area contributed by atoms with Crippen molar-refractivity contribution in [3.05, 3.63) is 53.1 Å². The number of ether oxygens (including phenoxy) is 4. The summed E-state index contributed by atoms with van der Waals surface area (Å²) < 4.78 is 22.5. The van der Waals surface area contributed by atoms with Crippen LogP contribution in [0.2, 0.25) is 0 Å². The van der Waals surface area contributed by atoms with Crippen molar-refractivity contribution in [1.29, 1.82) is 0 Å². The minimum Gasteiger partial charge on any atom is -0.497 e. The van der Waals surface area contributed by atoms with Crippen molar-refractivity contribution in [3.63, 3.8) is 0 Å². The van der Waals surface area contributed by atoms with Gasteiger partial charge in [0.25, 0.3) is 0 Å². The van der Waals surface area contributed by atoms with Crippen LogP contribution in [0.3, 0.4) is 0 Å². The van der Waals surface area contributed by atoms with Crippen LogP contribution in [-0.2, 0) is 0 Å². The van der Waals surface area contributed by atoms with Gasteiger partial charge in [0.1, 0.15) is 18.1 Å². The number of fused-ring (bicyclic) bond motifs is 1. The third kappa shape index (κ3) is 5.25. The van der Waals surface area contributed by atoms with Crippen molar-refractivity contribution < 1.29 is 23.7 Å². The summed E-state index contributed by atoms with van der Waals surface area (Å²) in [5.41, 5.74) is 1.97. The van der Waals surface area contributed by atoms with Crippen LogP contribution < -0.4 is 18.9 Å². The molecule has 2 aromatic carbocycles. The van der Waals surface area contributed by atoms with Crippen molar-refractivity contribution >= 4 is 11.9 Å². The van der Waals surface area contributed by atoms with Crippen LogP contribution in [0, 0.1) is 0 Å². The Bertz CT molecular complexity index is 978. The summed E-state index contributed by atoms with van der Waals surface area (Å²) in [6.07, 6.45) is 6.65. The molecule has 0 bridgehead atoms. The molecule has 32 heavy (non-hydrogen) atoms. The number of carbonyl (C=O) groups excluding carboxylic acids is 1. The van der Waals surface area contributed by atoms with E-state index in [1.807, 2.05) is 24.3 Å². The van der Waals surface area contributed by atoms with Crippen LogP contribution in [0.1, 0.15) is 41.6 Å². The van der Waals surface area contributed by atoms with Gasteiger partial charge in [0, 0.05) is 5.57 Å². The number of hydrogen-bond acceptors (Lipinski definition) is 6. The van der Waals surface area contributed by atoms with Crippen molar-refractivity contribution in [2.24, 2.45) is 0 Å². The second kappa shape index (κ2) is 10.6. The summed E-state index contributed by atoms with van der Waals surface area (Å²) >= 11 is 0. The maximum absolute atomic E-state index is 12.9. The zero-order valence-electron chi connectivity index (χ0n) is 18.9. The molecule has 2 aromatic rings. The number of nitrogens with zero attached hydrogens (tertiary/aromatic N) is 1. The number of methoxy groups -OCH3 is 2. The van der Waals surface area contributed by atoms with Crippen molar-refractivity contribution in [1.82, 2.24) is 4.90 Å². The van der Waals surface area contributed by atoms with Crippen LogP contribution in [0.15, 0.2) is 42.0 Å². The molecule has 0 aliphatic carbocycles. The average Bonchev–Trinajstić information content (AvgIpc) is 3.34. The lowest BCUT2D eigenvalue weighted by molar-refractivity contribution is 0.100. The Hall–Kier alpha value is -2.99. The summed E-state index contributed by atoms with van der Waals surface area (Å²) in [6, 6.07) is 11.0. The van der Waals surface area contributed by atoms with Gasteiger partial charge in [-0.2, -0.15) is 0 Å². The highest BCUT2D eigenvalue weighted by molar-refractivity contribution is 6.14. The number of ketones is 1. The molecule has 0 radical (unpaired) electrons. The van der Waals surface area contributed by atoms with Gasteiger partial charge in [-0.3, -0.25) is 4.79 Å². The Labute approximate surface area is 189 Å². The first-order valence-corrected chi connectivity index (χ1v) is 11.3. The number of hydrogen-bond donors (Lipinski definition) is 0. The molecule has 0 amide bonds. The smallest absolute Gasteiger partial charge is 0.196 e. The lowest BCUT2D eigenvalue weighted by Crippen LogP contribution is -2.20. The van der Waals surface area contributed by atoms with E-state index in [9.17, 15) is 4.79 Å². The van der Waals surface area contributed by atoms with E-state index >= 15 is 0 Å². The molecule has 2 aliphatic heterocycles. The molecule has 0 N–H and O–H groups in total. The fraction of sp³-hybridized carbons (Fsp3) is 0.423. The third-order valence-corrected chi connectivity index (χ3v) is 5.96. The average molecular weight is 438 g/mol. The largest absolute Gasteiger partial charge is 0.497 e. The summed E-state index contributed by atoms with van der Waals surface area (Å²) in [5, 5.41) is 0. The van der Waals surface area contributed by atoms with Crippen molar-refractivity contribution in [3.8, 4) is 23.0 Å². The van der Waals surface area contributed by atoms with Crippen LogP contribution in [-0.4, -0.2) is 57.8 Å². The predicted octanol–water partition coefficient (Wildman–Crippen LogP) is 4.62. The zero-order valence-corrected chi connectivity index (χ0v) is 18.9. The SMILES string of the molecule is COc1ccc2c(c1)C(=O)C(=Cc1ccc(OCCCCN3CCCC3)c(OC)c1)CO2. The first kappa shape index (κ1) is 22.2. The number of rotatable bonds is 9. The summed E-state index contributed by atoms with van der Waals surface area (Å²) in [7, 11) is 3.21. The van der Waals surface area contributed by atoms with E-state index < -0.39 is 0 Å². The van der Waals surface area contributed by atoms with Gasteiger partial charge < -0.3 is 23.8 Å². The fourth-order valence-corrected chi connectivity index (χ4v) is 4.16. The second-order valence-electron chi connectivity index (χ2n) is 8.16. The van der Waals surface area contributed by atoms with Crippen molar-refractivity contribution in [2.45, 2.75) is 25.7 Å². The van der Waals surface area contributed by atoms with E-state index in [4.69, 9.17) is 18.9 Å². The lowest BCUT2D eigenvalue weighted by Gasteiger charge is -2.19. The first-order chi connectivity index (χ1) is 15.7.